The first-order chi connectivity index (χ1) is 16.8. The molecule has 3 aromatic carbocycles. The molecule has 0 saturated carbocycles. The van der Waals surface area contributed by atoms with Gasteiger partial charge in [-0.05, 0) is 36.2 Å². The molecule has 0 N–H and O–H groups in total. The fourth-order valence-electron chi connectivity index (χ4n) is 3.83. The van der Waals surface area contributed by atoms with E-state index in [1.807, 2.05) is 61.5 Å². The van der Waals surface area contributed by atoms with Gasteiger partial charge in [0.05, 0.1) is 28.2 Å². The number of fused-ring (bicyclic) bond motifs is 1. The zero-order chi connectivity index (χ0) is 24.6. The quantitative estimate of drug-likeness (QED) is 0.327. The second-order valence-corrected chi connectivity index (χ2v) is 11.2. The Labute approximate surface area is 206 Å². The van der Waals surface area contributed by atoms with E-state index < -0.39 is 10.0 Å². The van der Waals surface area contributed by atoms with Gasteiger partial charge < -0.3 is 4.52 Å². The summed E-state index contributed by atoms with van der Waals surface area (Å²) in [4.78, 5) is 16.9. The second-order valence-electron chi connectivity index (χ2n) is 8.16. The molecule has 10 heteroatoms. The molecule has 35 heavy (non-hydrogen) atoms. The van der Waals surface area contributed by atoms with Gasteiger partial charge in [0.2, 0.25) is 21.7 Å². The highest BCUT2D eigenvalue weighted by Gasteiger charge is 2.24. The van der Waals surface area contributed by atoms with Crippen molar-refractivity contribution in [3.63, 3.8) is 0 Å². The fourth-order valence-corrected chi connectivity index (χ4v) is 5.98. The molecule has 0 aliphatic rings. The summed E-state index contributed by atoms with van der Waals surface area (Å²) in [6.07, 6.45) is 0. The van der Waals surface area contributed by atoms with Crippen molar-refractivity contribution in [1.29, 1.82) is 0 Å². The van der Waals surface area contributed by atoms with Crippen LogP contribution in [0.15, 0.2) is 87.0 Å². The zero-order valence-electron chi connectivity index (χ0n) is 19.1. The van der Waals surface area contributed by atoms with Crippen molar-refractivity contribution in [3.05, 3.63) is 99.5 Å². The van der Waals surface area contributed by atoms with Crippen LogP contribution in [0.25, 0.3) is 21.6 Å². The maximum absolute atomic E-state index is 13.2. The minimum absolute atomic E-state index is 0.0789. The number of sulfonamides is 1. The summed E-state index contributed by atoms with van der Waals surface area (Å²) in [7, 11) is -2.40. The van der Waals surface area contributed by atoms with E-state index in [0.29, 0.717) is 22.6 Å². The lowest BCUT2D eigenvalue weighted by molar-refractivity contribution is 0.337. The topological polar surface area (TPSA) is 98.3 Å². The fraction of sp³-hybridized carbons (Fsp3) is 0.160. The van der Waals surface area contributed by atoms with Gasteiger partial charge in [-0.2, -0.15) is 9.29 Å². The van der Waals surface area contributed by atoms with Crippen LogP contribution in [0.3, 0.4) is 0 Å². The highest BCUT2D eigenvalue weighted by molar-refractivity contribution is 7.89. The van der Waals surface area contributed by atoms with E-state index in [9.17, 15) is 13.2 Å². The van der Waals surface area contributed by atoms with Gasteiger partial charge in [0.15, 0.2) is 0 Å². The average molecular weight is 507 g/mol. The van der Waals surface area contributed by atoms with Crippen LogP contribution in [0.4, 0.5) is 0 Å². The summed E-state index contributed by atoms with van der Waals surface area (Å²) in [5, 5.41) is 4.00. The lowest BCUT2D eigenvalue weighted by Crippen LogP contribution is -2.26. The van der Waals surface area contributed by atoms with Gasteiger partial charge in [-0.3, -0.25) is 9.36 Å². The molecule has 5 aromatic rings. The van der Waals surface area contributed by atoms with Crippen molar-refractivity contribution in [3.8, 4) is 11.4 Å². The van der Waals surface area contributed by atoms with Crippen LogP contribution in [0.1, 0.15) is 17.0 Å². The second kappa shape index (κ2) is 9.21. The monoisotopic (exact) mass is 506 g/mol. The number of hydrogen-bond acceptors (Lipinski definition) is 7. The molecule has 5 rings (SSSR count). The highest BCUT2D eigenvalue weighted by atomic mass is 32.2. The number of aryl methyl sites for hydroxylation is 1. The first-order valence-corrected chi connectivity index (χ1v) is 13.1. The van der Waals surface area contributed by atoms with Crippen molar-refractivity contribution in [2.45, 2.75) is 24.9 Å². The van der Waals surface area contributed by atoms with Crippen molar-refractivity contribution < 1.29 is 12.9 Å². The molecule has 0 spiro atoms. The molecule has 8 nitrogen and oxygen atoms in total. The van der Waals surface area contributed by atoms with Crippen molar-refractivity contribution >= 4 is 31.6 Å². The Kier molecular flexibility index (Phi) is 6.10. The van der Waals surface area contributed by atoms with E-state index in [-0.39, 0.29) is 22.2 Å². The minimum atomic E-state index is -3.85. The summed E-state index contributed by atoms with van der Waals surface area (Å²) < 4.78 is 35.2. The predicted octanol–water partition coefficient (Wildman–Crippen LogP) is 4.29. The van der Waals surface area contributed by atoms with Gasteiger partial charge in [-0.15, -0.1) is 0 Å². The van der Waals surface area contributed by atoms with Crippen molar-refractivity contribution in [1.82, 2.24) is 19.0 Å². The number of hydrogen-bond donors (Lipinski definition) is 0. The maximum atomic E-state index is 13.2. The molecule has 0 aliphatic carbocycles. The van der Waals surface area contributed by atoms with Gasteiger partial charge in [-0.25, -0.2) is 8.42 Å². The molecule has 0 aliphatic heterocycles. The average Bonchev–Trinajstić information content (AvgIpc) is 3.43. The molecule has 0 radical (unpaired) electrons. The summed E-state index contributed by atoms with van der Waals surface area (Å²) in [6, 6.07) is 22.0. The molecule has 0 saturated heterocycles. The standard InChI is InChI=1S/C25H22N4O4S2/c1-17-8-6-7-11-20(17)24-26-23(33-27-24)16-28(2)35(31,32)19-12-13-21-22(14-19)34-25(30)29(21)15-18-9-4-3-5-10-18/h3-14H,15-16H2,1-2H3. The molecular formula is C25H22N4O4S2. The van der Waals surface area contributed by atoms with E-state index in [2.05, 4.69) is 10.1 Å². The van der Waals surface area contributed by atoms with Gasteiger partial charge in [-0.1, -0.05) is 71.1 Å². The Balaban J connectivity index is 1.39. The number of nitrogens with zero attached hydrogens (tertiary/aromatic N) is 4. The third kappa shape index (κ3) is 4.55. The molecule has 2 aromatic heterocycles. The van der Waals surface area contributed by atoms with E-state index in [4.69, 9.17) is 4.52 Å². The van der Waals surface area contributed by atoms with Crippen LogP contribution in [-0.4, -0.2) is 34.5 Å². The lowest BCUT2D eigenvalue weighted by atomic mass is 10.1. The number of benzene rings is 3. The summed E-state index contributed by atoms with van der Waals surface area (Å²) >= 11 is 1.03. The molecule has 0 unspecified atom stereocenters. The zero-order valence-corrected chi connectivity index (χ0v) is 20.7. The van der Waals surface area contributed by atoms with Gasteiger partial charge in [0.25, 0.3) is 0 Å². The van der Waals surface area contributed by atoms with Crippen LogP contribution < -0.4 is 4.87 Å². The summed E-state index contributed by atoms with van der Waals surface area (Å²) in [5.41, 5.74) is 3.52. The Morgan fingerprint density at radius 2 is 1.77 bits per heavy atom. The first kappa shape index (κ1) is 23.2. The lowest BCUT2D eigenvalue weighted by Gasteiger charge is -2.15. The van der Waals surface area contributed by atoms with Gasteiger partial charge >= 0.3 is 4.87 Å². The van der Waals surface area contributed by atoms with E-state index in [1.165, 1.54) is 13.1 Å². The molecule has 0 amide bonds. The Morgan fingerprint density at radius 1 is 1.03 bits per heavy atom. The first-order valence-electron chi connectivity index (χ1n) is 10.8. The SMILES string of the molecule is Cc1ccccc1-c1noc(CN(C)S(=O)(=O)c2ccc3c(c2)sc(=O)n3Cc2ccccc2)n1. The summed E-state index contributed by atoms with van der Waals surface area (Å²) in [5.74, 6) is 0.601. The van der Waals surface area contributed by atoms with E-state index in [1.54, 1.807) is 16.7 Å². The Bertz CT molecular complexity index is 1670. The maximum Gasteiger partial charge on any atom is 0.308 e. The van der Waals surface area contributed by atoms with Crippen LogP contribution in [0, 0.1) is 6.92 Å². The number of rotatable bonds is 7. The van der Waals surface area contributed by atoms with Crippen molar-refractivity contribution in [2.24, 2.45) is 0 Å². The normalized spacial score (nSPS) is 12.0. The molecule has 178 valence electrons. The van der Waals surface area contributed by atoms with Crippen LogP contribution in [-0.2, 0) is 23.1 Å². The van der Waals surface area contributed by atoms with Gasteiger partial charge in [0, 0.05) is 12.6 Å². The highest BCUT2D eigenvalue weighted by Crippen LogP contribution is 2.25. The van der Waals surface area contributed by atoms with Crippen LogP contribution in [0.2, 0.25) is 0 Å². The number of aromatic nitrogens is 3. The Morgan fingerprint density at radius 3 is 2.54 bits per heavy atom. The third-order valence-corrected chi connectivity index (χ3v) is 8.48. The third-order valence-electron chi connectivity index (χ3n) is 5.74. The molecule has 0 fully saturated rings. The van der Waals surface area contributed by atoms with Gasteiger partial charge in [0.1, 0.15) is 0 Å². The minimum Gasteiger partial charge on any atom is -0.338 e. The molecule has 0 atom stereocenters. The predicted molar refractivity (Wildman–Crippen MR) is 135 cm³/mol. The molecular weight excluding hydrogens is 484 g/mol. The largest absolute Gasteiger partial charge is 0.338 e. The van der Waals surface area contributed by atoms with Crippen LogP contribution in [0.5, 0.6) is 0 Å². The van der Waals surface area contributed by atoms with E-state index >= 15 is 0 Å². The molecule has 2 heterocycles. The van der Waals surface area contributed by atoms with Crippen molar-refractivity contribution in [2.75, 3.05) is 7.05 Å². The Hall–Kier alpha value is -3.60. The molecule has 0 bridgehead atoms. The summed E-state index contributed by atoms with van der Waals surface area (Å²) in [6.45, 7) is 2.29. The van der Waals surface area contributed by atoms with E-state index in [0.717, 1.165) is 32.3 Å². The number of thiazole rings is 1. The van der Waals surface area contributed by atoms with Crippen LogP contribution >= 0.6 is 11.3 Å². The smallest absolute Gasteiger partial charge is 0.308 e.